The summed E-state index contributed by atoms with van der Waals surface area (Å²) < 4.78 is 27.5. The second-order valence-electron chi connectivity index (χ2n) is 4.79. The minimum Gasteiger partial charge on any atom is -0.312 e. The minimum absolute atomic E-state index is 0.343. The summed E-state index contributed by atoms with van der Waals surface area (Å²) in [7, 11) is -3.45. The average Bonchev–Trinajstić information content (AvgIpc) is 3.06. The number of nitrogens with one attached hydrogen (secondary N) is 2. The molecule has 0 saturated heterocycles. The Morgan fingerprint density at radius 1 is 1.24 bits per heavy atom. The Balaban J connectivity index is 2.05. The van der Waals surface area contributed by atoms with Gasteiger partial charge in [0.2, 0.25) is 10.0 Å². The second-order valence-corrected chi connectivity index (χ2v) is 8.27. The topological polar surface area (TPSA) is 58.2 Å². The minimum atomic E-state index is -3.45. The third-order valence-corrected chi connectivity index (χ3v) is 6.57. The van der Waals surface area contributed by atoms with E-state index in [1.54, 1.807) is 17.4 Å². The predicted octanol–water partition coefficient (Wildman–Crippen LogP) is 3.10. The van der Waals surface area contributed by atoms with Gasteiger partial charge >= 0.3 is 0 Å². The summed E-state index contributed by atoms with van der Waals surface area (Å²) in [5, 5.41) is 9.08. The van der Waals surface area contributed by atoms with Crippen molar-refractivity contribution in [2.24, 2.45) is 0 Å². The monoisotopic (exact) mass is 344 g/mol. The number of sulfonamides is 1. The maximum absolute atomic E-state index is 12.4. The van der Waals surface area contributed by atoms with Gasteiger partial charge in [0.25, 0.3) is 0 Å². The van der Waals surface area contributed by atoms with Crippen molar-refractivity contribution in [1.82, 2.24) is 10.0 Å². The van der Waals surface area contributed by atoms with E-state index in [1.165, 1.54) is 11.3 Å². The zero-order valence-electron chi connectivity index (χ0n) is 12.2. The maximum Gasteiger partial charge on any atom is 0.242 e. The average molecular weight is 345 g/mol. The van der Waals surface area contributed by atoms with E-state index in [1.807, 2.05) is 23.1 Å². The Bertz CT molecular complexity index is 674. The molecule has 7 heteroatoms. The quantitative estimate of drug-likeness (QED) is 0.724. The van der Waals surface area contributed by atoms with E-state index in [-0.39, 0.29) is 0 Å². The highest BCUT2D eigenvalue weighted by Gasteiger charge is 2.19. The highest BCUT2D eigenvalue weighted by molar-refractivity contribution is 7.89. The van der Waals surface area contributed by atoms with Crippen LogP contribution in [0.4, 0.5) is 0 Å². The van der Waals surface area contributed by atoms with Crippen molar-refractivity contribution < 1.29 is 8.42 Å². The Labute approximate surface area is 134 Å². The van der Waals surface area contributed by atoms with E-state index >= 15 is 0 Å². The lowest BCUT2D eigenvalue weighted by molar-refractivity contribution is 0.579. The van der Waals surface area contributed by atoms with Gasteiger partial charge in [0.05, 0.1) is 4.90 Å². The summed E-state index contributed by atoms with van der Waals surface area (Å²) in [6.07, 6.45) is 1.03. The smallest absolute Gasteiger partial charge is 0.242 e. The van der Waals surface area contributed by atoms with Crippen LogP contribution in [0, 0.1) is 6.92 Å². The largest absolute Gasteiger partial charge is 0.312 e. The molecule has 2 N–H and O–H groups in total. The van der Waals surface area contributed by atoms with Crippen LogP contribution in [0.3, 0.4) is 0 Å². The molecule has 2 rings (SSSR count). The lowest BCUT2D eigenvalue weighted by Crippen LogP contribution is -2.24. The zero-order chi connectivity index (χ0) is 15.3. The van der Waals surface area contributed by atoms with E-state index < -0.39 is 10.0 Å². The standard InChI is InChI=1S/C14H20N2O2S3/c1-3-5-15-8-13-14(4-6-20-13)21(17,18)16-7-12-10-19-9-11(12)2/h4,6,9-10,15-16H,3,5,7-8H2,1-2H3. The molecule has 4 nitrogen and oxygen atoms in total. The van der Waals surface area contributed by atoms with Crippen molar-refractivity contribution in [2.45, 2.75) is 38.3 Å². The molecule has 0 unspecified atom stereocenters. The molecule has 0 spiro atoms. The van der Waals surface area contributed by atoms with Gasteiger partial charge in [-0.25, -0.2) is 13.1 Å². The zero-order valence-corrected chi connectivity index (χ0v) is 14.6. The number of aryl methyl sites for hydroxylation is 1. The normalized spacial score (nSPS) is 11.9. The molecular weight excluding hydrogens is 324 g/mol. The Kier molecular flexibility index (Phi) is 5.95. The van der Waals surface area contributed by atoms with E-state index in [0.717, 1.165) is 29.0 Å². The van der Waals surface area contributed by atoms with Crippen LogP contribution in [0.25, 0.3) is 0 Å². The van der Waals surface area contributed by atoms with E-state index in [0.29, 0.717) is 18.0 Å². The Hall–Kier alpha value is -0.730. The molecule has 0 radical (unpaired) electrons. The Morgan fingerprint density at radius 2 is 2.05 bits per heavy atom. The van der Waals surface area contributed by atoms with Crippen molar-refractivity contribution >= 4 is 32.7 Å². The van der Waals surface area contributed by atoms with Crippen LogP contribution in [0.15, 0.2) is 27.1 Å². The molecule has 0 atom stereocenters. The summed E-state index contributed by atoms with van der Waals surface area (Å²) in [5.74, 6) is 0. The summed E-state index contributed by atoms with van der Waals surface area (Å²) in [5.41, 5.74) is 2.15. The van der Waals surface area contributed by atoms with Gasteiger partial charge in [0.1, 0.15) is 0 Å². The van der Waals surface area contributed by atoms with Crippen molar-refractivity contribution in [1.29, 1.82) is 0 Å². The maximum atomic E-state index is 12.4. The molecular formula is C14H20N2O2S3. The number of hydrogen-bond donors (Lipinski definition) is 2. The first-order valence-electron chi connectivity index (χ1n) is 6.83. The van der Waals surface area contributed by atoms with Crippen molar-refractivity contribution in [3.8, 4) is 0 Å². The molecule has 2 aromatic rings. The molecule has 0 aromatic carbocycles. The first-order valence-corrected chi connectivity index (χ1v) is 10.1. The third-order valence-electron chi connectivity index (χ3n) is 3.12. The molecule has 0 fully saturated rings. The lowest BCUT2D eigenvalue weighted by atomic mass is 10.2. The third kappa shape index (κ3) is 4.37. The molecule has 21 heavy (non-hydrogen) atoms. The number of rotatable bonds is 8. The van der Waals surface area contributed by atoms with Gasteiger partial charge in [-0.2, -0.15) is 11.3 Å². The molecule has 0 saturated carbocycles. The van der Waals surface area contributed by atoms with Crippen molar-refractivity contribution in [3.63, 3.8) is 0 Å². The summed E-state index contributed by atoms with van der Waals surface area (Å²) in [4.78, 5) is 1.25. The molecule has 116 valence electrons. The fraction of sp³-hybridized carbons (Fsp3) is 0.429. The molecule has 0 aliphatic rings. The van der Waals surface area contributed by atoms with Crippen LogP contribution in [0.5, 0.6) is 0 Å². The van der Waals surface area contributed by atoms with Gasteiger partial charge in [-0.3, -0.25) is 0 Å². The van der Waals surface area contributed by atoms with Crippen LogP contribution in [0.1, 0.15) is 29.3 Å². The number of hydrogen-bond acceptors (Lipinski definition) is 5. The van der Waals surface area contributed by atoms with Crippen molar-refractivity contribution in [3.05, 3.63) is 38.2 Å². The summed E-state index contributed by atoms with van der Waals surface area (Å²) in [6.45, 7) is 5.90. The SMILES string of the molecule is CCCNCc1sccc1S(=O)(=O)NCc1cscc1C. The Morgan fingerprint density at radius 3 is 2.71 bits per heavy atom. The fourth-order valence-corrected chi connectivity index (χ4v) is 5.17. The van der Waals surface area contributed by atoms with Crippen molar-refractivity contribution in [2.75, 3.05) is 6.54 Å². The molecule has 0 aliphatic heterocycles. The van der Waals surface area contributed by atoms with Crippen LogP contribution in [-0.2, 0) is 23.1 Å². The molecule has 2 aromatic heterocycles. The van der Waals surface area contributed by atoms with E-state index in [2.05, 4.69) is 17.0 Å². The van der Waals surface area contributed by atoms with E-state index in [4.69, 9.17) is 0 Å². The van der Waals surface area contributed by atoms with Gasteiger partial charge in [-0.15, -0.1) is 11.3 Å². The van der Waals surface area contributed by atoms with Gasteiger partial charge in [-0.1, -0.05) is 6.92 Å². The van der Waals surface area contributed by atoms with Crippen LogP contribution < -0.4 is 10.0 Å². The van der Waals surface area contributed by atoms with Gasteiger partial charge in [-0.05, 0) is 53.2 Å². The fourth-order valence-electron chi connectivity index (χ4n) is 1.89. The van der Waals surface area contributed by atoms with Gasteiger partial charge in [0, 0.05) is 18.0 Å². The molecule has 0 amide bonds. The number of thiophene rings is 2. The van der Waals surface area contributed by atoms with Gasteiger partial charge < -0.3 is 5.32 Å². The van der Waals surface area contributed by atoms with Crippen LogP contribution in [-0.4, -0.2) is 15.0 Å². The highest BCUT2D eigenvalue weighted by atomic mass is 32.2. The van der Waals surface area contributed by atoms with E-state index in [9.17, 15) is 8.42 Å². The summed E-state index contributed by atoms with van der Waals surface area (Å²) >= 11 is 3.06. The second kappa shape index (κ2) is 7.51. The molecule has 2 heterocycles. The van der Waals surface area contributed by atoms with Crippen LogP contribution >= 0.6 is 22.7 Å². The van der Waals surface area contributed by atoms with Gasteiger partial charge in [0.15, 0.2) is 0 Å². The first-order chi connectivity index (χ1) is 10.0. The molecule has 0 bridgehead atoms. The lowest BCUT2D eigenvalue weighted by Gasteiger charge is -2.08. The first kappa shape index (κ1) is 16.6. The van der Waals surface area contributed by atoms with Crippen LogP contribution in [0.2, 0.25) is 0 Å². The summed E-state index contributed by atoms with van der Waals surface area (Å²) in [6, 6.07) is 1.68. The predicted molar refractivity (Wildman–Crippen MR) is 89.4 cm³/mol. The molecule has 0 aliphatic carbocycles. The highest BCUT2D eigenvalue weighted by Crippen LogP contribution is 2.22.